The van der Waals surface area contributed by atoms with Gasteiger partial charge < -0.3 is 20.1 Å². The fourth-order valence-electron chi connectivity index (χ4n) is 2.62. The van der Waals surface area contributed by atoms with Gasteiger partial charge in [-0.1, -0.05) is 17.7 Å². The number of rotatable bonds is 7. The van der Waals surface area contributed by atoms with Crippen LogP contribution in [0.2, 0.25) is 5.02 Å². The van der Waals surface area contributed by atoms with Crippen molar-refractivity contribution >= 4 is 29.0 Å². The third-order valence-electron chi connectivity index (χ3n) is 4.13. The maximum atomic E-state index is 12.7. The summed E-state index contributed by atoms with van der Waals surface area (Å²) in [5.74, 6) is 1.16. The molecule has 0 aliphatic rings. The minimum absolute atomic E-state index is 0.155. The molecule has 0 bridgehead atoms. The van der Waals surface area contributed by atoms with Crippen LogP contribution in [-0.4, -0.2) is 35.5 Å². The Bertz CT molecular complexity index is 958. The molecule has 0 aliphatic heterocycles. The molecule has 1 heterocycles. The van der Waals surface area contributed by atoms with Crippen molar-refractivity contribution in [2.75, 3.05) is 19.5 Å². The van der Waals surface area contributed by atoms with E-state index in [2.05, 4.69) is 26.0 Å². The van der Waals surface area contributed by atoms with Gasteiger partial charge in [-0.3, -0.25) is 4.79 Å². The van der Waals surface area contributed by atoms with Gasteiger partial charge in [0.1, 0.15) is 0 Å². The van der Waals surface area contributed by atoms with E-state index in [1.54, 1.807) is 44.6 Å². The molecule has 3 rings (SSSR count). The Hall–Kier alpha value is -3.26. The van der Waals surface area contributed by atoms with Gasteiger partial charge in [-0.05, 0) is 48.9 Å². The van der Waals surface area contributed by atoms with E-state index in [9.17, 15) is 4.79 Å². The van der Waals surface area contributed by atoms with Gasteiger partial charge in [-0.15, -0.1) is 10.2 Å². The van der Waals surface area contributed by atoms with E-state index in [-0.39, 0.29) is 17.6 Å². The molecule has 3 aromatic rings. The molecule has 3 N–H and O–H groups in total. The number of hydrogen-bond donors (Lipinski definition) is 3. The van der Waals surface area contributed by atoms with Gasteiger partial charge in [0.15, 0.2) is 23.0 Å². The first-order valence-corrected chi connectivity index (χ1v) is 8.85. The first-order valence-electron chi connectivity index (χ1n) is 8.48. The zero-order chi connectivity index (χ0) is 20.1. The zero-order valence-electron chi connectivity index (χ0n) is 15.6. The summed E-state index contributed by atoms with van der Waals surface area (Å²) in [6, 6.07) is 12.2. The van der Waals surface area contributed by atoms with E-state index in [4.69, 9.17) is 21.1 Å². The molecule has 8 nitrogen and oxygen atoms in total. The quantitative estimate of drug-likeness (QED) is 0.558. The second-order valence-corrected chi connectivity index (χ2v) is 6.40. The smallest absolute Gasteiger partial charge is 0.276 e. The minimum atomic E-state index is -0.368. The van der Waals surface area contributed by atoms with Crippen LogP contribution in [0.15, 0.2) is 42.5 Å². The van der Waals surface area contributed by atoms with Crippen LogP contribution >= 0.6 is 11.6 Å². The number of anilines is 2. The Balaban J connectivity index is 1.73. The fraction of sp³-hybridized carbons (Fsp3) is 0.211. The molecule has 0 saturated carbocycles. The predicted octanol–water partition coefficient (Wildman–Crippen LogP) is 3.71. The molecule has 0 aliphatic carbocycles. The van der Waals surface area contributed by atoms with Gasteiger partial charge in [-0.25, -0.2) is 0 Å². The Morgan fingerprint density at radius 3 is 2.46 bits per heavy atom. The highest BCUT2D eigenvalue weighted by Crippen LogP contribution is 2.30. The van der Waals surface area contributed by atoms with Crippen LogP contribution in [0.4, 0.5) is 11.5 Å². The fourth-order valence-corrected chi connectivity index (χ4v) is 2.74. The standard InChI is InChI=1S/C19H20ClN5O3/c1-11(12-4-9-15(27-2)16(10-12)28-3)21-19(26)17-18(24-25-23-17)22-14-7-5-13(20)6-8-14/h4-11H,1-3H3,(H,21,26)(H2,22,23,24,25)/t11-/m0/s1. The number of nitrogens with one attached hydrogen (secondary N) is 3. The van der Waals surface area contributed by atoms with E-state index in [0.717, 1.165) is 11.3 Å². The van der Waals surface area contributed by atoms with Gasteiger partial charge in [0.2, 0.25) is 0 Å². The second kappa shape index (κ2) is 8.62. The summed E-state index contributed by atoms with van der Waals surface area (Å²) in [7, 11) is 3.14. The number of amides is 1. The number of hydrogen-bond acceptors (Lipinski definition) is 6. The Labute approximate surface area is 167 Å². The number of methoxy groups -OCH3 is 2. The molecule has 0 spiro atoms. The van der Waals surface area contributed by atoms with Gasteiger partial charge in [0, 0.05) is 10.7 Å². The molecule has 1 aromatic heterocycles. The topological polar surface area (TPSA) is 101 Å². The molecular formula is C19H20ClN5O3. The number of ether oxygens (including phenoxy) is 2. The zero-order valence-corrected chi connectivity index (χ0v) is 16.4. The number of halogens is 1. The number of carbonyl (C=O) groups is 1. The van der Waals surface area contributed by atoms with E-state index >= 15 is 0 Å². The molecule has 2 aromatic carbocycles. The highest BCUT2D eigenvalue weighted by molar-refractivity contribution is 6.30. The average molecular weight is 402 g/mol. The summed E-state index contributed by atoms with van der Waals surface area (Å²) in [6.45, 7) is 1.87. The number of nitrogens with zero attached hydrogens (tertiary/aromatic N) is 2. The molecule has 1 atom stereocenters. The number of aromatic amines is 1. The van der Waals surface area contributed by atoms with Crippen molar-refractivity contribution < 1.29 is 14.3 Å². The van der Waals surface area contributed by atoms with Crippen molar-refractivity contribution in [2.24, 2.45) is 0 Å². The van der Waals surface area contributed by atoms with Crippen LogP contribution < -0.4 is 20.1 Å². The summed E-state index contributed by atoms with van der Waals surface area (Å²) in [5, 5.41) is 17.0. The van der Waals surface area contributed by atoms with Crippen LogP contribution in [0.5, 0.6) is 11.5 Å². The number of aromatic nitrogens is 3. The second-order valence-electron chi connectivity index (χ2n) is 5.96. The van der Waals surface area contributed by atoms with Crippen molar-refractivity contribution in [1.82, 2.24) is 20.7 Å². The lowest BCUT2D eigenvalue weighted by Gasteiger charge is -2.16. The molecular weight excluding hydrogens is 382 g/mol. The van der Waals surface area contributed by atoms with Crippen molar-refractivity contribution in [3.63, 3.8) is 0 Å². The number of carbonyl (C=O) groups excluding carboxylic acids is 1. The summed E-state index contributed by atoms with van der Waals surface area (Å²) >= 11 is 5.89. The first-order chi connectivity index (χ1) is 13.5. The van der Waals surface area contributed by atoms with E-state index in [1.165, 1.54) is 0 Å². The maximum Gasteiger partial charge on any atom is 0.276 e. The first kappa shape index (κ1) is 19.5. The molecule has 1 amide bonds. The van der Waals surface area contributed by atoms with Crippen molar-refractivity contribution in [1.29, 1.82) is 0 Å². The number of benzene rings is 2. The van der Waals surface area contributed by atoms with Gasteiger partial charge in [0.05, 0.1) is 20.3 Å². The molecule has 0 fully saturated rings. The van der Waals surface area contributed by atoms with E-state index < -0.39 is 0 Å². The third-order valence-corrected chi connectivity index (χ3v) is 4.38. The molecule has 9 heteroatoms. The molecule has 0 saturated heterocycles. The highest BCUT2D eigenvalue weighted by atomic mass is 35.5. The van der Waals surface area contributed by atoms with E-state index in [0.29, 0.717) is 22.3 Å². The van der Waals surface area contributed by atoms with Crippen LogP contribution in [-0.2, 0) is 0 Å². The van der Waals surface area contributed by atoms with Gasteiger partial charge >= 0.3 is 0 Å². The third kappa shape index (κ3) is 4.34. The lowest BCUT2D eigenvalue weighted by atomic mass is 10.1. The monoisotopic (exact) mass is 401 g/mol. The molecule has 0 unspecified atom stereocenters. The summed E-state index contributed by atoms with van der Waals surface area (Å²) in [5.41, 5.74) is 1.75. The van der Waals surface area contributed by atoms with E-state index in [1.807, 2.05) is 19.1 Å². The summed E-state index contributed by atoms with van der Waals surface area (Å²) in [6.07, 6.45) is 0. The summed E-state index contributed by atoms with van der Waals surface area (Å²) in [4.78, 5) is 12.7. The van der Waals surface area contributed by atoms with Crippen molar-refractivity contribution in [2.45, 2.75) is 13.0 Å². The van der Waals surface area contributed by atoms with Crippen molar-refractivity contribution in [3.8, 4) is 11.5 Å². The lowest BCUT2D eigenvalue weighted by molar-refractivity contribution is 0.0935. The SMILES string of the molecule is COc1ccc([C@H](C)NC(=O)c2n[nH]nc2Nc2ccc(Cl)cc2)cc1OC. The Morgan fingerprint density at radius 2 is 1.79 bits per heavy atom. The minimum Gasteiger partial charge on any atom is -0.493 e. The van der Waals surface area contributed by atoms with Crippen LogP contribution in [0.25, 0.3) is 0 Å². The summed E-state index contributed by atoms with van der Waals surface area (Å²) < 4.78 is 10.6. The normalized spacial score (nSPS) is 11.6. The molecule has 28 heavy (non-hydrogen) atoms. The van der Waals surface area contributed by atoms with Gasteiger partial charge in [-0.2, -0.15) is 5.21 Å². The maximum absolute atomic E-state index is 12.7. The molecule has 146 valence electrons. The van der Waals surface area contributed by atoms with Crippen LogP contribution in [0.3, 0.4) is 0 Å². The number of H-pyrrole nitrogens is 1. The Morgan fingerprint density at radius 1 is 1.07 bits per heavy atom. The Kier molecular flexibility index (Phi) is 6.00. The van der Waals surface area contributed by atoms with Crippen LogP contribution in [0, 0.1) is 0 Å². The largest absolute Gasteiger partial charge is 0.493 e. The van der Waals surface area contributed by atoms with Crippen molar-refractivity contribution in [3.05, 3.63) is 58.7 Å². The van der Waals surface area contributed by atoms with Gasteiger partial charge in [0.25, 0.3) is 5.91 Å². The molecule has 0 radical (unpaired) electrons. The lowest BCUT2D eigenvalue weighted by Crippen LogP contribution is -2.27. The highest BCUT2D eigenvalue weighted by Gasteiger charge is 2.20. The predicted molar refractivity (Wildman–Crippen MR) is 107 cm³/mol. The average Bonchev–Trinajstić information content (AvgIpc) is 3.17. The van der Waals surface area contributed by atoms with Crippen LogP contribution in [0.1, 0.15) is 29.0 Å².